The van der Waals surface area contributed by atoms with Gasteiger partial charge in [0.25, 0.3) is 0 Å². The van der Waals surface area contributed by atoms with Crippen molar-refractivity contribution in [2.24, 2.45) is 0 Å². The molecular weight excluding hydrogens is 241 g/mol. The molecule has 0 aromatic heterocycles. The fourth-order valence-corrected chi connectivity index (χ4v) is 1.52. The lowest BCUT2D eigenvalue weighted by atomic mass is 10.2. The van der Waals surface area contributed by atoms with Crippen molar-refractivity contribution in [3.63, 3.8) is 0 Å². The van der Waals surface area contributed by atoms with Crippen LogP contribution in [0.1, 0.15) is 19.4 Å². The molecule has 0 amide bonds. The summed E-state index contributed by atoms with van der Waals surface area (Å²) in [7, 11) is -3.43. The molecule has 0 saturated heterocycles. The number of rotatable bonds is 1. The van der Waals surface area contributed by atoms with Crippen molar-refractivity contribution < 1.29 is 21.6 Å². The molecule has 0 aliphatic rings. The van der Waals surface area contributed by atoms with E-state index in [2.05, 4.69) is 0 Å². The summed E-state index contributed by atoms with van der Waals surface area (Å²) >= 11 is 0. The van der Waals surface area contributed by atoms with Crippen LogP contribution in [0.25, 0.3) is 0 Å². The summed E-state index contributed by atoms with van der Waals surface area (Å²) in [6.45, 7) is 4.00. The maximum absolute atomic E-state index is 12.1. The molecule has 2 nitrogen and oxygen atoms in total. The molecule has 0 N–H and O–H groups in total. The molecule has 0 aliphatic heterocycles. The quantitative estimate of drug-likeness (QED) is 0.771. The van der Waals surface area contributed by atoms with Crippen LogP contribution in [-0.2, 0) is 16.0 Å². The van der Waals surface area contributed by atoms with Crippen LogP contribution in [0.4, 0.5) is 13.2 Å². The second-order valence-corrected chi connectivity index (χ2v) is 4.81. The van der Waals surface area contributed by atoms with E-state index in [-0.39, 0.29) is 4.90 Å². The number of sulfone groups is 1. The van der Waals surface area contributed by atoms with Gasteiger partial charge in [0.15, 0.2) is 9.84 Å². The van der Waals surface area contributed by atoms with Crippen molar-refractivity contribution in [1.29, 1.82) is 0 Å². The van der Waals surface area contributed by atoms with Gasteiger partial charge in [0.05, 0.1) is 10.5 Å². The number of alkyl halides is 3. The molecule has 16 heavy (non-hydrogen) atoms. The van der Waals surface area contributed by atoms with Crippen molar-refractivity contribution in [3.05, 3.63) is 29.8 Å². The zero-order valence-corrected chi connectivity index (χ0v) is 9.98. The average molecular weight is 254 g/mol. The lowest BCUT2D eigenvalue weighted by Gasteiger charge is -2.06. The molecule has 0 spiro atoms. The highest BCUT2D eigenvalue weighted by Crippen LogP contribution is 2.29. The van der Waals surface area contributed by atoms with Gasteiger partial charge >= 0.3 is 6.18 Å². The molecule has 0 heterocycles. The standard InChI is InChI=1S/C8H7F3O2S.C2H6/c1-14(12,13)7-4-2-6(3-5-7)8(9,10)11;1-2/h2-5H,1H3;1-2H3. The average Bonchev–Trinajstić information content (AvgIpc) is 2.18. The van der Waals surface area contributed by atoms with Crippen LogP contribution >= 0.6 is 0 Å². The Hall–Kier alpha value is -1.04. The Morgan fingerprint density at radius 2 is 1.38 bits per heavy atom. The van der Waals surface area contributed by atoms with Crippen LogP contribution in [0.15, 0.2) is 29.2 Å². The lowest BCUT2D eigenvalue weighted by molar-refractivity contribution is -0.137. The summed E-state index contributed by atoms with van der Waals surface area (Å²) < 4.78 is 58.0. The Labute approximate surface area is 93.0 Å². The molecule has 1 aromatic rings. The first kappa shape index (κ1) is 15.0. The molecule has 0 radical (unpaired) electrons. The number of benzene rings is 1. The van der Waals surface area contributed by atoms with Gasteiger partial charge in [-0.2, -0.15) is 13.2 Å². The van der Waals surface area contributed by atoms with E-state index < -0.39 is 21.6 Å². The summed E-state index contributed by atoms with van der Waals surface area (Å²) in [5.74, 6) is 0. The van der Waals surface area contributed by atoms with Gasteiger partial charge in [-0.1, -0.05) is 13.8 Å². The number of hydrogen-bond acceptors (Lipinski definition) is 2. The number of halogens is 3. The topological polar surface area (TPSA) is 34.1 Å². The maximum atomic E-state index is 12.1. The fourth-order valence-electron chi connectivity index (χ4n) is 0.891. The maximum Gasteiger partial charge on any atom is 0.416 e. The second kappa shape index (κ2) is 5.34. The minimum atomic E-state index is -4.43. The zero-order valence-electron chi connectivity index (χ0n) is 9.17. The van der Waals surface area contributed by atoms with Gasteiger partial charge in [0, 0.05) is 6.26 Å². The van der Waals surface area contributed by atoms with Crippen LogP contribution in [0.3, 0.4) is 0 Å². The summed E-state index contributed by atoms with van der Waals surface area (Å²) in [6.07, 6.45) is -3.49. The third-order valence-corrected chi connectivity index (χ3v) is 2.74. The smallest absolute Gasteiger partial charge is 0.224 e. The lowest BCUT2D eigenvalue weighted by Crippen LogP contribution is -2.05. The first-order chi connectivity index (χ1) is 7.21. The van der Waals surface area contributed by atoms with Crippen molar-refractivity contribution in [3.8, 4) is 0 Å². The largest absolute Gasteiger partial charge is 0.416 e. The third kappa shape index (κ3) is 4.22. The van der Waals surface area contributed by atoms with E-state index in [0.29, 0.717) is 0 Å². The van der Waals surface area contributed by atoms with Gasteiger partial charge in [-0.15, -0.1) is 0 Å². The van der Waals surface area contributed by atoms with Crippen LogP contribution in [0, 0.1) is 0 Å². The predicted molar refractivity (Wildman–Crippen MR) is 55.9 cm³/mol. The van der Waals surface area contributed by atoms with E-state index in [4.69, 9.17) is 0 Å². The summed E-state index contributed by atoms with van der Waals surface area (Å²) in [5.41, 5.74) is -0.857. The molecular formula is C10H13F3O2S. The van der Waals surface area contributed by atoms with Crippen LogP contribution < -0.4 is 0 Å². The molecule has 0 atom stereocenters. The first-order valence-electron chi connectivity index (χ1n) is 4.58. The summed E-state index contributed by atoms with van der Waals surface area (Å²) in [5, 5.41) is 0. The second-order valence-electron chi connectivity index (χ2n) is 2.79. The van der Waals surface area contributed by atoms with Gasteiger partial charge in [-0.05, 0) is 24.3 Å². The highest BCUT2D eigenvalue weighted by atomic mass is 32.2. The van der Waals surface area contributed by atoms with Crippen LogP contribution in [-0.4, -0.2) is 14.7 Å². The summed E-state index contributed by atoms with van der Waals surface area (Å²) in [4.78, 5) is -0.120. The van der Waals surface area contributed by atoms with Gasteiger partial charge in [0.1, 0.15) is 0 Å². The Morgan fingerprint density at radius 1 is 1.00 bits per heavy atom. The normalized spacial score (nSPS) is 11.6. The fraction of sp³-hybridized carbons (Fsp3) is 0.400. The first-order valence-corrected chi connectivity index (χ1v) is 6.48. The summed E-state index contributed by atoms with van der Waals surface area (Å²) in [6, 6.07) is 3.38. The van der Waals surface area contributed by atoms with E-state index in [1.54, 1.807) is 0 Å². The monoisotopic (exact) mass is 254 g/mol. The van der Waals surface area contributed by atoms with Gasteiger partial charge in [0.2, 0.25) is 0 Å². The SMILES string of the molecule is CC.CS(=O)(=O)c1ccc(C(F)(F)F)cc1. The van der Waals surface area contributed by atoms with Crippen LogP contribution in [0.2, 0.25) is 0 Å². The van der Waals surface area contributed by atoms with E-state index in [1.165, 1.54) is 0 Å². The molecule has 0 aliphatic carbocycles. The van der Waals surface area contributed by atoms with Gasteiger partial charge in [-0.3, -0.25) is 0 Å². The highest BCUT2D eigenvalue weighted by molar-refractivity contribution is 7.90. The Balaban J connectivity index is 0.00000106. The van der Waals surface area contributed by atoms with E-state index in [9.17, 15) is 21.6 Å². The van der Waals surface area contributed by atoms with Crippen molar-refractivity contribution in [2.75, 3.05) is 6.26 Å². The Bertz CT molecular complexity index is 418. The van der Waals surface area contributed by atoms with E-state index in [0.717, 1.165) is 30.5 Å². The molecule has 92 valence electrons. The highest BCUT2D eigenvalue weighted by Gasteiger charge is 2.30. The predicted octanol–water partition coefficient (Wildman–Crippen LogP) is 3.14. The molecule has 0 unspecified atom stereocenters. The minimum Gasteiger partial charge on any atom is -0.224 e. The van der Waals surface area contributed by atoms with Gasteiger partial charge < -0.3 is 0 Å². The molecule has 6 heteroatoms. The Morgan fingerprint density at radius 3 is 1.62 bits per heavy atom. The van der Waals surface area contributed by atoms with Crippen molar-refractivity contribution in [2.45, 2.75) is 24.9 Å². The van der Waals surface area contributed by atoms with Crippen molar-refractivity contribution in [1.82, 2.24) is 0 Å². The zero-order chi connectivity index (χ0) is 13.0. The molecule has 1 aromatic carbocycles. The molecule has 0 saturated carbocycles. The third-order valence-electron chi connectivity index (χ3n) is 1.61. The molecule has 0 fully saturated rings. The molecule has 1 rings (SSSR count). The minimum absolute atomic E-state index is 0.120. The Kier molecular flexibility index (Phi) is 4.99. The van der Waals surface area contributed by atoms with Crippen LogP contribution in [0.5, 0.6) is 0 Å². The number of hydrogen-bond donors (Lipinski definition) is 0. The van der Waals surface area contributed by atoms with Crippen molar-refractivity contribution >= 4 is 9.84 Å². The van der Waals surface area contributed by atoms with E-state index in [1.807, 2.05) is 13.8 Å². The van der Waals surface area contributed by atoms with E-state index >= 15 is 0 Å². The molecule has 0 bridgehead atoms. The van der Waals surface area contributed by atoms with Gasteiger partial charge in [-0.25, -0.2) is 8.42 Å².